The van der Waals surface area contributed by atoms with Crippen molar-refractivity contribution < 1.29 is 18.1 Å². The van der Waals surface area contributed by atoms with Crippen molar-refractivity contribution in [2.75, 3.05) is 0 Å². The van der Waals surface area contributed by atoms with Crippen LogP contribution in [-0.4, -0.2) is 13.0 Å². The summed E-state index contributed by atoms with van der Waals surface area (Å²) in [6, 6.07) is 3.88. The minimum Gasteiger partial charge on any atom is -0.282 e. The Kier molecular flexibility index (Phi) is 2.92. The van der Waals surface area contributed by atoms with Crippen molar-refractivity contribution in [3.8, 4) is 0 Å². The standard InChI is InChI=1S/C7H6ClO4S/c8-6-2-1-3-7(5(6)4-9)13(10,11)12/h1-3H,4H2,(H,10,11,12). The van der Waals surface area contributed by atoms with Gasteiger partial charge in [-0.15, -0.1) is 0 Å². The molecule has 0 spiro atoms. The van der Waals surface area contributed by atoms with E-state index in [0.29, 0.717) is 0 Å². The van der Waals surface area contributed by atoms with Crippen LogP contribution in [0.15, 0.2) is 23.1 Å². The molecule has 1 aromatic carbocycles. The zero-order valence-electron chi connectivity index (χ0n) is 6.40. The molecular weight excluding hydrogens is 216 g/mol. The lowest BCUT2D eigenvalue weighted by Gasteiger charge is -2.04. The quantitative estimate of drug-likeness (QED) is 0.770. The highest BCUT2D eigenvalue weighted by molar-refractivity contribution is 7.85. The lowest BCUT2D eigenvalue weighted by Crippen LogP contribution is -2.03. The molecular formula is C7H6ClO4S. The molecule has 13 heavy (non-hydrogen) atoms. The highest BCUT2D eigenvalue weighted by Crippen LogP contribution is 2.23. The van der Waals surface area contributed by atoms with Gasteiger partial charge in [0.1, 0.15) is 11.5 Å². The molecule has 1 radical (unpaired) electrons. The molecule has 0 unspecified atom stereocenters. The predicted octanol–water partition coefficient (Wildman–Crippen LogP) is 1.52. The highest BCUT2D eigenvalue weighted by atomic mass is 35.5. The summed E-state index contributed by atoms with van der Waals surface area (Å²) < 4.78 is 30.1. The van der Waals surface area contributed by atoms with Gasteiger partial charge < -0.3 is 0 Å². The Bertz CT molecular complexity index is 413. The molecule has 0 heterocycles. The van der Waals surface area contributed by atoms with Gasteiger partial charge in [0.05, 0.1) is 0 Å². The van der Waals surface area contributed by atoms with E-state index in [-0.39, 0.29) is 10.6 Å². The van der Waals surface area contributed by atoms with Crippen LogP contribution < -0.4 is 0 Å². The third-order valence-electron chi connectivity index (χ3n) is 1.50. The van der Waals surface area contributed by atoms with Crippen LogP contribution in [0.4, 0.5) is 0 Å². The molecule has 0 fully saturated rings. The normalized spacial score (nSPS) is 11.6. The predicted molar refractivity (Wildman–Crippen MR) is 45.7 cm³/mol. The van der Waals surface area contributed by atoms with E-state index in [4.69, 9.17) is 16.2 Å². The molecule has 0 saturated heterocycles. The second kappa shape index (κ2) is 3.63. The van der Waals surface area contributed by atoms with E-state index in [1.165, 1.54) is 12.1 Å². The minimum absolute atomic E-state index is 0.0464. The van der Waals surface area contributed by atoms with E-state index in [0.717, 1.165) is 6.07 Å². The van der Waals surface area contributed by atoms with Crippen molar-refractivity contribution in [1.29, 1.82) is 0 Å². The summed E-state index contributed by atoms with van der Waals surface area (Å²) >= 11 is 5.56. The van der Waals surface area contributed by atoms with Crippen LogP contribution in [0.2, 0.25) is 5.02 Å². The number of hydrogen-bond donors (Lipinski definition) is 1. The van der Waals surface area contributed by atoms with Crippen molar-refractivity contribution >= 4 is 21.7 Å². The molecule has 0 saturated carbocycles. The van der Waals surface area contributed by atoms with Crippen molar-refractivity contribution in [2.45, 2.75) is 11.5 Å². The minimum atomic E-state index is -4.35. The third kappa shape index (κ3) is 2.19. The molecule has 0 bridgehead atoms. The molecule has 71 valence electrons. The number of benzene rings is 1. The summed E-state index contributed by atoms with van der Waals surface area (Å²) in [4.78, 5) is -0.421. The van der Waals surface area contributed by atoms with Crippen molar-refractivity contribution in [3.63, 3.8) is 0 Å². The Morgan fingerprint density at radius 3 is 2.38 bits per heavy atom. The summed E-state index contributed by atoms with van der Waals surface area (Å²) in [5.41, 5.74) is -0.105. The first-order valence-corrected chi connectivity index (χ1v) is 5.11. The Morgan fingerprint density at radius 1 is 1.38 bits per heavy atom. The largest absolute Gasteiger partial charge is 0.294 e. The molecule has 1 N–H and O–H groups in total. The van der Waals surface area contributed by atoms with Crippen molar-refractivity contribution in [1.82, 2.24) is 0 Å². The van der Waals surface area contributed by atoms with Crippen LogP contribution in [0, 0.1) is 0 Å². The average Bonchev–Trinajstić information content (AvgIpc) is 2.02. The number of halogens is 1. The molecule has 6 heteroatoms. The second-order valence-electron chi connectivity index (χ2n) is 2.34. The van der Waals surface area contributed by atoms with Crippen LogP contribution in [0.5, 0.6) is 0 Å². The van der Waals surface area contributed by atoms with E-state index in [1.807, 2.05) is 0 Å². The third-order valence-corrected chi connectivity index (χ3v) is 2.79. The van der Waals surface area contributed by atoms with Gasteiger partial charge >= 0.3 is 0 Å². The van der Waals surface area contributed by atoms with Crippen LogP contribution >= 0.6 is 11.6 Å². The molecule has 0 aliphatic heterocycles. The topological polar surface area (TPSA) is 74.3 Å². The summed E-state index contributed by atoms with van der Waals surface area (Å²) in [5.74, 6) is 0. The Hall–Kier alpha value is -0.620. The fourth-order valence-corrected chi connectivity index (χ4v) is 1.94. The lowest BCUT2D eigenvalue weighted by atomic mass is 10.2. The summed E-state index contributed by atoms with van der Waals surface area (Å²) in [5, 5.41) is 10.6. The van der Waals surface area contributed by atoms with Gasteiger partial charge in [0, 0.05) is 10.6 Å². The van der Waals surface area contributed by atoms with Crippen LogP contribution in [0.3, 0.4) is 0 Å². The summed E-state index contributed by atoms with van der Waals surface area (Å²) in [7, 11) is -4.35. The molecule has 0 aliphatic carbocycles. The maximum Gasteiger partial charge on any atom is 0.294 e. The van der Waals surface area contributed by atoms with Gasteiger partial charge in [-0.2, -0.15) is 8.42 Å². The second-order valence-corrected chi connectivity index (χ2v) is 4.13. The van der Waals surface area contributed by atoms with Gasteiger partial charge in [0.15, 0.2) is 0 Å². The zero-order valence-corrected chi connectivity index (χ0v) is 7.97. The molecule has 0 atom stereocenters. The van der Waals surface area contributed by atoms with Crippen LogP contribution in [-0.2, 0) is 21.8 Å². The van der Waals surface area contributed by atoms with E-state index in [9.17, 15) is 13.5 Å². The van der Waals surface area contributed by atoms with E-state index in [1.54, 1.807) is 0 Å². The molecule has 0 aromatic heterocycles. The smallest absolute Gasteiger partial charge is 0.282 e. The monoisotopic (exact) mass is 221 g/mol. The van der Waals surface area contributed by atoms with Gasteiger partial charge in [-0.3, -0.25) is 4.55 Å². The first-order valence-electron chi connectivity index (χ1n) is 3.30. The summed E-state index contributed by atoms with van der Waals surface area (Å²) in [6.07, 6.45) is 0. The van der Waals surface area contributed by atoms with Gasteiger partial charge in [-0.25, -0.2) is 5.11 Å². The molecule has 0 aliphatic rings. The first kappa shape index (κ1) is 10.5. The Labute approximate surface area is 80.5 Å². The number of hydrogen-bond acceptors (Lipinski definition) is 2. The van der Waals surface area contributed by atoms with Gasteiger partial charge in [-0.1, -0.05) is 17.7 Å². The van der Waals surface area contributed by atoms with Crippen molar-refractivity contribution in [2.24, 2.45) is 0 Å². The zero-order chi connectivity index (χ0) is 10.1. The number of rotatable bonds is 2. The first-order chi connectivity index (χ1) is 5.96. The molecule has 0 amide bonds. The molecule has 1 rings (SSSR count). The van der Waals surface area contributed by atoms with Gasteiger partial charge in [-0.05, 0) is 12.1 Å². The maximum absolute atomic E-state index is 10.7. The SMILES string of the molecule is [O]Cc1c(Cl)cccc1S(=O)(=O)O. The van der Waals surface area contributed by atoms with Crippen LogP contribution in [0.25, 0.3) is 0 Å². The molecule has 1 aromatic rings. The Morgan fingerprint density at radius 2 is 2.00 bits per heavy atom. The van der Waals surface area contributed by atoms with E-state index >= 15 is 0 Å². The van der Waals surface area contributed by atoms with E-state index < -0.39 is 21.6 Å². The average molecular weight is 222 g/mol. The maximum atomic E-state index is 10.7. The fourth-order valence-electron chi connectivity index (χ4n) is 0.921. The molecule has 4 nitrogen and oxygen atoms in total. The van der Waals surface area contributed by atoms with Crippen LogP contribution in [0.1, 0.15) is 5.56 Å². The van der Waals surface area contributed by atoms with E-state index in [2.05, 4.69) is 0 Å². The lowest BCUT2D eigenvalue weighted by molar-refractivity contribution is 0.175. The summed E-state index contributed by atoms with van der Waals surface area (Å²) in [6.45, 7) is -0.783. The highest BCUT2D eigenvalue weighted by Gasteiger charge is 2.16. The van der Waals surface area contributed by atoms with Gasteiger partial charge in [0.25, 0.3) is 10.1 Å². The fraction of sp³-hybridized carbons (Fsp3) is 0.143. The van der Waals surface area contributed by atoms with Gasteiger partial charge in [0.2, 0.25) is 0 Å². The Balaban J connectivity index is 3.47. The van der Waals surface area contributed by atoms with Crippen molar-refractivity contribution in [3.05, 3.63) is 28.8 Å².